The Morgan fingerprint density at radius 2 is 2.12 bits per heavy atom. The molecule has 0 radical (unpaired) electrons. The number of carbonyl (C=O) groups excluding carboxylic acids is 1. The molecule has 0 aromatic carbocycles. The van der Waals surface area contributed by atoms with Gasteiger partial charge in [-0.15, -0.1) is 0 Å². The molecule has 0 saturated carbocycles. The Kier molecular flexibility index (Phi) is 4.65. The molecule has 96 valence electrons. The van der Waals surface area contributed by atoms with Gasteiger partial charge in [0.05, 0.1) is 11.8 Å². The van der Waals surface area contributed by atoms with Crippen molar-refractivity contribution in [1.82, 2.24) is 15.5 Å². The molecule has 6 heteroatoms. The number of aromatic nitrogens is 2. The van der Waals surface area contributed by atoms with Crippen molar-refractivity contribution in [3.8, 4) is 0 Å². The zero-order valence-corrected chi connectivity index (χ0v) is 10.3. The average molecular weight is 241 g/mol. The number of aryl methyl sites for hydroxylation is 2. The largest absolute Gasteiger partial charge is 0.390 e. The van der Waals surface area contributed by atoms with Gasteiger partial charge in [-0.05, 0) is 20.3 Å². The van der Waals surface area contributed by atoms with Crippen molar-refractivity contribution in [2.24, 2.45) is 0 Å². The van der Waals surface area contributed by atoms with Gasteiger partial charge in [-0.25, -0.2) is 0 Å². The first-order valence-electron chi connectivity index (χ1n) is 5.55. The number of nitrogens with one attached hydrogen (secondary N) is 2. The molecule has 0 aliphatic carbocycles. The van der Waals surface area contributed by atoms with Crippen LogP contribution in [0.15, 0.2) is 0 Å². The maximum Gasteiger partial charge on any atom is 0.216 e. The van der Waals surface area contributed by atoms with E-state index >= 15 is 0 Å². The van der Waals surface area contributed by atoms with E-state index in [4.69, 9.17) is 0 Å². The molecule has 0 bridgehead atoms. The van der Waals surface area contributed by atoms with E-state index in [0.29, 0.717) is 24.2 Å². The minimum absolute atomic E-state index is 0.151. The van der Waals surface area contributed by atoms with Crippen molar-refractivity contribution >= 4 is 5.91 Å². The topological polar surface area (TPSA) is 98.2 Å². The molecule has 2 atom stereocenters. The summed E-state index contributed by atoms with van der Waals surface area (Å²) < 4.78 is 0. The molecule has 2 unspecified atom stereocenters. The number of aliphatic hydroxyl groups is 2. The van der Waals surface area contributed by atoms with Crippen molar-refractivity contribution in [2.45, 2.75) is 39.4 Å². The van der Waals surface area contributed by atoms with Crippen molar-refractivity contribution < 1.29 is 15.0 Å². The van der Waals surface area contributed by atoms with Crippen molar-refractivity contribution in [3.05, 3.63) is 17.0 Å². The number of H-pyrrole nitrogens is 1. The van der Waals surface area contributed by atoms with E-state index in [1.807, 2.05) is 0 Å². The number of carbonyl (C=O) groups is 1. The van der Waals surface area contributed by atoms with Gasteiger partial charge in [-0.1, -0.05) is 0 Å². The Labute approximate surface area is 100 Å². The van der Waals surface area contributed by atoms with Crippen LogP contribution in [0.3, 0.4) is 0 Å². The van der Waals surface area contributed by atoms with Gasteiger partial charge in [0, 0.05) is 24.7 Å². The van der Waals surface area contributed by atoms with Gasteiger partial charge in [0.25, 0.3) is 0 Å². The molecule has 0 spiro atoms. The van der Waals surface area contributed by atoms with Crippen molar-refractivity contribution in [3.63, 3.8) is 0 Å². The lowest BCUT2D eigenvalue weighted by molar-refractivity contribution is -0.119. The molecular weight excluding hydrogens is 222 g/mol. The standard InChI is InChI=1S/C11H19N3O3/c1-6-10(7(2)14-13-6)11(17)9(16)4-5-12-8(3)15/h9,11,16-17H,4-5H2,1-3H3,(H,12,15)(H,13,14). The summed E-state index contributed by atoms with van der Waals surface area (Å²) in [6.45, 7) is 5.30. The first kappa shape index (κ1) is 13.7. The van der Waals surface area contributed by atoms with E-state index in [1.54, 1.807) is 13.8 Å². The van der Waals surface area contributed by atoms with Gasteiger partial charge in [-0.2, -0.15) is 5.10 Å². The highest BCUT2D eigenvalue weighted by Crippen LogP contribution is 2.23. The Hall–Kier alpha value is -1.40. The molecule has 1 rings (SSSR count). The lowest BCUT2D eigenvalue weighted by Gasteiger charge is -2.18. The third-order valence-corrected chi connectivity index (χ3v) is 2.66. The Morgan fingerprint density at radius 1 is 1.47 bits per heavy atom. The summed E-state index contributed by atoms with van der Waals surface area (Å²) in [5.74, 6) is -0.151. The molecule has 1 aromatic rings. The van der Waals surface area contributed by atoms with Gasteiger partial charge in [-0.3, -0.25) is 9.89 Å². The molecular formula is C11H19N3O3. The second-order valence-electron chi connectivity index (χ2n) is 4.13. The number of hydrogen-bond donors (Lipinski definition) is 4. The van der Waals surface area contributed by atoms with Crippen LogP contribution in [0.4, 0.5) is 0 Å². The molecule has 6 nitrogen and oxygen atoms in total. The normalized spacial score (nSPS) is 14.4. The highest BCUT2D eigenvalue weighted by atomic mass is 16.3. The number of rotatable bonds is 5. The first-order chi connectivity index (χ1) is 7.93. The number of hydrogen-bond acceptors (Lipinski definition) is 4. The predicted octanol–water partition coefficient (Wildman–Crippen LogP) is -0.0530. The summed E-state index contributed by atoms with van der Waals surface area (Å²) in [5, 5.41) is 29.1. The number of amides is 1. The summed E-state index contributed by atoms with van der Waals surface area (Å²) in [7, 11) is 0. The third kappa shape index (κ3) is 3.54. The van der Waals surface area contributed by atoms with E-state index in [9.17, 15) is 15.0 Å². The summed E-state index contributed by atoms with van der Waals surface area (Å²) >= 11 is 0. The van der Waals surface area contributed by atoms with Crippen LogP contribution >= 0.6 is 0 Å². The second-order valence-corrected chi connectivity index (χ2v) is 4.13. The smallest absolute Gasteiger partial charge is 0.216 e. The lowest BCUT2D eigenvalue weighted by atomic mass is 10.0. The number of nitrogens with zero attached hydrogens (tertiary/aromatic N) is 1. The molecule has 4 N–H and O–H groups in total. The van der Waals surface area contributed by atoms with E-state index in [1.165, 1.54) is 6.92 Å². The molecule has 1 heterocycles. The molecule has 0 aliphatic heterocycles. The fourth-order valence-electron chi connectivity index (χ4n) is 1.74. The van der Waals surface area contributed by atoms with Crippen LogP contribution in [0, 0.1) is 13.8 Å². The van der Waals surface area contributed by atoms with Crippen LogP contribution in [0.25, 0.3) is 0 Å². The zero-order valence-electron chi connectivity index (χ0n) is 10.3. The highest BCUT2D eigenvalue weighted by molar-refractivity contribution is 5.72. The SMILES string of the molecule is CC(=O)NCCC(O)C(O)c1c(C)n[nH]c1C. The highest BCUT2D eigenvalue weighted by Gasteiger charge is 2.23. The predicted molar refractivity (Wildman–Crippen MR) is 62.3 cm³/mol. The summed E-state index contributed by atoms with van der Waals surface area (Å²) in [6, 6.07) is 0. The second kappa shape index (κ2) is 5.79. The maximum atomic E-state index is 10.7. The van der Waals surface area contributed by atoms with Crippen LogP contribution < -0.4 is 5.32 Å². The van der Waals surface area contributed by atoms with Gasteiger partial charge in [0.1, 0.15) is 6.10 Å². The minimum Gasteiger partial charge on any atom is -0.390 e. The quantitative estimate of drug-likeness (QED) is 0.580. The summed E-state index contributed by atoms with van der Waals surface area (Å²) in [4.78, 5) is 10.7. The summed E-state index contributed by atoms with van der Waals surface area (Å²) in [6.07, 6.45) is -1.61. The van der Waals surface area contributed by atoms with Crippen molar-refractivity contribution in [1.29, 1.82) is 0 Å². The van der Waals surface area contributed by atoms with Crippen molar-refractivity contribution in [2.75, 3.05) is 6.54 Å². The maximum absolute atomic E-state index is 10.7. The average Bonchev–Trinajstić information content (AvgIpc) is 2.57. The van der Waals surface area contributed by atoms with Gasteiger partial charge < -0.3 is 15.5 Å². The summed E-state index contributed by atoms with van der Waals surface area (Å²) in [5.41, 5.74) is 2.04. The zero-order chi connectivity index (χ0) is 13.0. The van der Waals surface area contributed by atoms with Crippen LogP contribution in [0.5, 0.6) is 0 Å². The number of aliphatic hydroxyl groups excluding tert-OH is 2. The van der Waals surface area contributed by atoms with Gasteiger partial charge >= 0.3 is 0 Å². The Bertz CT molecular complexity index is 370. The molecule has 0 aliphatic rings. The molecule has 0 fully saturated rings. The van der Waals surface area contributed by atoms with E-state index < -0.39 is 12.2 Å². The Balaban J connectivity index is 2.57. The molecule has 0 saturated heterocycles. The monoisotopic (exact) mass is 241 g/mol. The molecule has 1 amide bonds. The first-order valence-corrected chi connectivity index (χ1v) is 5.55. The molecule has 1 aromatic heterocycles. The van der Waals surface area contributed by atoms with Crippen LogP contribution in [-0.4, -0.2) is 39.0 Å². The molecule has 17 heavy (non-hydrogen) atoms. The van der Waals surface area contributed by atoms with E-state index in [-0.39, 0.29) is 5.91 Å². The van der Waals surface area contributed by atoms with Gasteiger partial charge in [0.2, 0.25) is 5.91 Å². The fraction of sp³-hybridized carbons (Fsp3) is 0.636. The van der Waals surface area contributed by atoms with Gasteiger partial charge in [0.15, 0.2) is 0 Å². The van der Waals surface area contributed by atoms with Crippen LogP contribution in [0.1, 0.15) is 36.4 Å². The fourth-order valence-corrected chi connectivity index (χ4v) is 1.74. The van der Waals surface area contributed by atoms with E-state index in [0.717, 1.165) is 5.69 Å². The lowest BCUT2D eigenvalue weighted by Crippen LogP contribution is -2.28. The van der Waals surface area contributed by atoms with Crippen LogP contribution in [0.2, 0.25) is 0 Å². The minimum atomic E-state index is -0.984. The number of aromatic amines is 1. The van der Waals surface area contributed by atoms with Crippen LogP contribution in [-0.2, 0) is 4.79 Å². The third-order valence-electron chi connectivity index (χ3n) is 2.66. The Morgan fingerprint density at radius 3 is 2.59 bits per heavy atom. The van der Waals surface area contributed by atoms with E-state index in [2.05, 4.69) is 15.5 Å².